The van der Waals surface area contributed by atoms with Gasteiger partial charge in [-0.2, -0.15) is 5.10 Å². The second kappa shape index (κ2) is 7.10. The van der Waals surface area contributed by atoms with E-state index in [1.54, 1.807) is 14.2 Å². The van der Waals surface area contributed by atoms with Gasteiger partial charge in [-0.15, -0.1) is 0 Å². The standard InChI is InChI=1S/C15H22N4O2/c1-4-7-19-10-12(9-17-19)15(18-16)11-5-6-13(20-2)14(8-11)21-3/h5-6,8-10,15,18H,4,7,16H2,1-3H3. The van der Waals surface area contributed by atoms with Crippen molar-refractivity contribution in [3.8, 4) is 11.5 Å². The van der Waals surface area contributed by atoms with Crippen LogP contribution < -0.4 is 20.7 Å². The van der Waals surface area contributed by atoms with Crippen LogP contribution in [-0.4, -0.2) is 24.0 Å². The summed E-state index contributed by atoms with van der Waals surface area (Å²) in [4.78, 5) is 0. The first-order valence-corrected chi connectivity index (χ1v) is 6.93. The quantitative estimate of drug-likeness (QED) is 0.601. The van der Waals surface area contributed by atoms with Crippen molar-refractivity contribution in [2.24, 2.45) is 5.84 Å². The van der Waals surface area contributed by atoms with Crippen molar-refractivity contribution in [1.29, 1.82) is 0 Å². The Hall–Kier alpha value is -2.05. The number of aromatic nitrogens is 2. The molecule has 1 aromatic heterocycles. The number of methoxy groups -OCH3 is 2. The van der Waals surface area contributed by atoms with Crippen LogP contribution in [0.1, 0.15) is 30.5 Å². The normalized spacial score (nSPS) is 12.2. The van der Waals surface area contributed by atoms with Gasteiger partial charge >= 0.3 is 0 Å². The van der Waals surface area contributed by atoms with Crippen LogP contribution in [0.25, 0.3) is 0 Å². The van der Waals surface area contributed by atoms with Gasteiger partial charge in [-0.05, 0) is 24.1 Å². The lowest BCUT2D eigenvalue weighted by Gasteiger charge is -2.17. The summed E-state index contributed by atoms with van der Waals surface area (Å²) in [5.74, 6) is 7.09. The molecule has 6 nitrogen and oxygen atoms in total. The molecule has 21 heavy (non-hydrogen) atoms. The Balaban J connectivity index is 2.31. The van der Waals surface area contributed by atoms with E-state index in [1.165, 1.54) is 0 Å². The number of nitrogens with zero attached hydrogens (tertiary/aromatic N) is 2. The third-order valence-corrected chi connectivity index (χ3v) is 3.35. The highest BCUT2D eigenvalue weighted by Crippen LogP contribution is 2.31. The van der Waals surface area contributed by atoms with Gasteiger partial charge in [-0.1, -0.05) is 13.0 Å². The van der Waals surface area contributed by atoms with Crippen LogP contribution in [0.3, 0.4) is 0 Å². The average molecular weight is 290 g/mol. The van der Waals surface area contributed by atoms with E-state index in [0.29, 0.717) is 11.5 Å². The molecular formula is C15H22N4O2. The van der Waals surface area contributed by atoms with Crippen molar-refractivity contribution in [1.82, 2.24) is 15.2 Å². The van der Waals surface area contributed by atoms with Crippen LogP contribution in [0, 0.1) is 0 Å². The summed E-state index contributed by atoms with van der Waals surface area (Å²) >= 11 is 0. The summed E-state index contributed by atoms with van der Waals surface area (Å²) in [7, 11) is 3.23. The van der Waals surface area contributed by atoms with Gasteiger partial charge in [-0.3, -0.25) is 10.5 Å². The highest BCUT2D eigenvalue weighted by Gasteiger charge is 2.16. The Bertz CT molecular complexity index is 583. The molecule has 1 heterocycles. The smallest absolute Gasteiger partial charge is 0.161 e. The van der Waals surface area contributed by atoms with Gasteiger partial charge in [0, 0.05) is 18.3 Å². The molecule has 2 aromatic rings. The summed E-state index contributed by atoms with van der Waals surface area (Å²) in [5, 5.41) is 4.34. The SMILES string of the molecule is CCCn1cc(C(NN)c2ccc(OC)c(OC)c2)cn1. The molecule has 0 saturated heterocycles. The number of rotatable bonds is 7. The number of nitrogens with two attached hydrogens (primary N) is 1. The number of hydrazine groups is 1. The summed E-state index contributed by atoms with van der Waals surface area (Å²) in [6.45, 7) is 3.01. The number of ether oxygens (including phenoxy) is 2. The van der Waals surface area contributed by atoms with Crippen molar-refractivity contribution in [3.05, 3.63) is 41.7 Å². The van der Waals surface area contributed by atoms with Gasteiger partial charge in [0.2, 0.25) is 0 Å². The zero-order valence-electron chi connectivity index (χ0n) is 12.7. The van der Waals surface area contributed by atoms with Gasteiger partial charge < -0.3 is 9.47 Å². The molecule has 2 rings (SSSR count). The van der Waals surface area contributed by atoms with Crippen molar-refractivity contribution in [3.63, 3.8) is 0 Å². The lowest BCUT2D eigenvalue weighted by atomic mass is 10.0. The Kier molecular flexibility index (Phi) is 5.19. The number of aryl methyl sites for hydroxylation is 1. The van der Waals surface area contributed by atoms with E-state index in [1.807, 2.05) is 35.3 Å². The first kappa shape index (κ1) is 15.3. The molecule has 3 N–H and O–H groups in total. The summed E-state index contributed by atoms with van der Waals surface area (Å²) in [6, 6.07) is 5.61. The molecule has 1 atom stereocenters. The fourth-order valence-corrected chi connectivity index (χ4v) is 2.30. The maximum absolute atomic E-state index is 5.72. The molecule has 0 radical (unpaired) electrons. The first-order chi connectivity index (χ1) is 10.2. The van der Waals surface area contributed by atoms with E-state index in [0.717, 1.165) is 24.1 Å². The second-order valence-electron chi connectivity index (χ2n) is 4.75. The fourth-order valence-electron chi connectivity index (χ4n) is 2.30. The predicted octanol–water partition coefficient (Wildman–Crippen LogP) is 1.86. The molecule has 6 heteroatoms. The van der Waals surface area contributed by atoms with E-state index in [2.05, 4.69) is 17.4 Å². The molecule has 114 valence electrons. The number of benzene rings is 1. The molecule has 1 unspecified atom stereocenters. The lowest BCUT2D eigenvalue weighted by Crippen LogP contribution is -2.28. The fraction of sp³-hybridized carbons (Fsp3) is 0.400. The van der Waals surface area contributed by atoms with Crippen molar-refractivity contribution in [2.75, 3.05) is 14.2 Å². The van der Waals surface area contributed by atoms with Crippen molar-refractivity contribution >= 4 is 0 Å². The third-order valence-electron chi connectivity index (χ3n) is 3.35. The Morgan fingerprint density at radius 1 is 1.24 bits per heavy atom. The summed E-state index contributed by atoms with van der Waals surface area (Å²) < 4.78 is 12.5. The van der Waals surface area contributed by atoms with Gasteiger partial charge in [0.15, 0.2) is 11.5 Å². The van der Waals surface area contributed by atoms with Crippen LogP contribution in [0.2, 0.25) is 0 Å². The first-order valence-electron chi connectivity index (χ1n) is 6.93. The molecule has 0 amide bonds. The minimum atomic E-state index is -0.143. The van der Waals surface area contributed by atoms with Crippen LogP contribution in [-0.2, 0) is 6.54 Å². The maximum Gasteiger partial charge on any atom is 0.161 e. The van der Waals surface area contributed by atoms with Crippen LogP contribution in [0.4, 0.5) is 0 Å². The molecule has 0 aliphatic heterocycles. The van der Waals surface area contributed by atoms with E-state index in [-0.39, 0.29) is 6.04 Å². The summed E-state index contributed by atoms with van der Waals surface area (Å²) in [5.41, 5.74) is 4.83. The number of nitrogens with one attached hydrogen (secondary N) is 1. The Morgan fingerprint density at radius 3 is 2.62 bits per heavy atom. The largest absolute Gasteiger partial charge is 0.493 e. The second-order valence-corrected chi connectivity index (χ2v) is 4.75. The van der Waals surface area contributed by atoms with E-state index in [9.17, 15) is 0 Å². The minimum absolute atomic E-state index is 0.143. The zero-order chi connectivity index (χ0) is 15.2. The van der Waals surface area contributed by atoms with Crippen molar-refractivity contribution in [2.45, 2.75) is 25.9 Å². The van der Waals surface area contributed by atoms with Gasteiger partial charge in [0.25, 0.3) is 0 Å². The van der Waals surface area contributed by atoms with Crippen LogP contribution >= 0.6 is 0 Å². The third kappa shape index (κ3) is 3.34. The highest BCUT2D eigenvalue weighted by atomic mass is 16.5. The van der Waals surface area contributed by atoms with Gasteiger partial charge in [0.05, 0.1) is 26.5 Å². The number of hydrogen-bond donors (Lipinski definition) is 2. The molecule has 0 bridgehead atoms. The molecule has 0 fully saturated rings. The Labute approximate surface area is 124 Å². The molecule has 0 saturated carbocycles. The average Bonchev–Trinajstić information content (AvgIpc) is 2.96. The van der Waals surface area contributed by atoms with Crippen molar-refractivity contribution < 1.29 is 9.47 Å². The molecule has 1 aromatic carbocycles. The monoisotopic (exact) mass is 290 g/mol. The summed E-state index contributed by atoms with van der Waals surface area (Å²) in [6.07, 6.45) is 4.87. The maximum atomic E-state index is 5.72. The molecule has 0 aliphatic rings. The lowest BCUT2D eigenvalue weighted by molar-refractivity contribution is 0.354. The van der Waals surface area contributed by atoms with Gasteiger partial charge in [-0.25, -0.2) is 5.43 Å². The predicted molar refractivity (Wildman–Crippen MR) is 81.2 cm³/mol. The van der Waals surface area contributed by atoms with Crippen LogP contribution in [0.5, 0.6) is 11.5 Å². The van der Waals surface area contributed by atoms with E-state index < -0.39 is 0 Å². The minimum Gasteiger partial charge on any atom is -0.493 e. The van der Waals surface area contributed by atoms with E-state index in [4.69, 9.17) is 15.3 Å². The highest BCUT2D eigenvalue weighted by molar-refractivity contribution is 5.45. The van der Waals surface area contributed by atoms with E-state index >= 15 is 0 Å². The zero-order valence-corrected chi connectivity index (χ0v) is 12.7. The molecule has 0 spiro atoms. The van der Waals surface area contributed by atoms with Gasteiger partial charge in [0.1, 0.15) is 0 Å². The number of hydrogen-bond acceptors (Lipinski definition) is 5. The van der Waals surface area contributed by atoms with Crippen LogP contribution in [0.15, 0.2) is 30.6 Å². The topological polar surface area (TPSA) is 74.3 Å². The molecular weight excluding hydrogens is 268 g/mol. The molecule has 0 aliphatic carbocycles. The Morgan fingerprint density at radius 2 is 2.00 bits per heavy atom.